The van der Waals surface area contributed by atoms with Crippen molar-refractivity contribution in [3.05, 3.63) is 58.6 Å². The molecule has 0 aliphatic heterocycles. The molecule has 2 N–H and O–H groups in total. The maximum Gasteiger partial charge on any atom is 0.261 e. The van der Waals surface area contributed by atoms with E-state index in [1.165, 1.54) is 16.9 Å². The van der Waals surface area contributed by atoms with Gasteiger partial charge < -0.3 is 15.0 Å². The van der Waals surface area contributed by atoms with E-state index in [1.807, 2.05) is 31.2 Å². The van der Waals surface area contributed by atoms with Crippen LogP contribution < -0.4 is 10.1 Å². The van der Waals surface area contributed by atoms with Crippen molar-refractivity contribution in [1.29, 1.82) is 0 Å². The highest BCUT2D eigenvalue weighted by Crippen LogP contribution is 2.44. The molecule has 30 heavy (non-hydrogen) atoms. The van der Waals surface area contributed by atoms with Gasteiger partial charge in [-0.15, -0.1) is 11.3 Å². The van der Waals surface area contributed by atoms with Gasteiger partial charge in [0.2, 0.25) is 5.88 Å². The molecule has 1 aromatic carbocycles. The number of rotatable bonds is 5. The van der Waals surface area contributed by atoms with Crippen molar-refractivity contribution in [2.24, 2.45) is 0 Å². The topological polar surface area (TPSA) is 79.9 Å². The number of aryl methyl sites for hydroxylation is 1. The van der Waals surface area contributed by atoms with Gasteiger partial charge in [-0.05, 0) is 62.4 Å². The Bertz CT molecular complexity index is 1190. The molecule has 0 bridgehead atoms. The zero-order chi connectivity index (χ0) is 20.5. The Hall–Kier alpha value is -3.19. The Balaban J connectivity index is 1.57. The number of aromatic amines is 1. The fourth-order valence-corrected chi connectivity index (χ4v) is 5.25. The molecule has 6 nitrogen and oxygen atoms in total. The van der Waals surface area contributed by atoms with Gasteiger partial charge in [0, 0.05) is 11.1 Å². The molecule has 0 unspecified atom stereocenters. The summed E-state index contributed by atoms with van der Waals surface area (Å²) in [4.78, 5) is 26.9. The zero-order valence-corrected chi connectivity index (χ0v) is 17.5. The maximum absolute atomic E-state index is 13.1. The molecule has 0 saturated heterocycles. The van der Waals surface area contributed by atoms with E-state index in [0.717, 1.165) is 46.7 Å². The fourth-order valence-electron chi connectivity index (χ4n) is 3.96. The zero-order valence-electron chi connectivity index (χ0n) is 16.7. The molecular formula is C23H22N4O2S. The van der Waals surface area contributed by atoms with Gasteiger partial charge in [-0.3, -0.25) is 4.79 Å². The molecule has 0 fully saturated rings. The molecule has 0 spiro atoms. The first-order chi connectivity index (χ1) is 14.7. The van der Waals surface area contributed by atoms with Gasteiger partial charge in [0.25, 0.3) is 5.91 Å². The monoisotopic (exact) mass is 418 g/mol. The third kappa shape index (κ3) is 3.35. The molecule has 1 aliphatic rings. The van der Waals surface area contributed by atoms with Crippen molar-refractivity contribution in [2.75, 3.05) is 11.9 Å². The number of hydrogen-bond acceptors (Lipinski definition) is 5. The SMILES string of the molecule is CCOc1ncccc1C(=O)Nc1sc2c(c1-c1nc3ccccc3[nH]1)CCCC2. The molecular weight excluding hydrogens is 396 g/mol. The van der Waals surface area contributed by atoms with Crippen molar-refractivity contribution in [3.63, 3.8) is 0 Å². The maximum atomic E-state index is 13.1. The van der Waals surface area contributed by atoms with Crippen LogP contribution in [0.15, 0.2) is 42.6 Å². The highest BCUT2D eigenvalue weighted by molar-refractivity contribution is 7.17. The van der Waals surface area contributed by atoms with Gasteiger partial charge in [0.15, 0.2) is 0 Å². The van der Waals surface area contributed by atoms with Crippen LogP contribution in [0, 0.1) is 0 Å². The van der Waals surface area contributed by atoms with Crippen LogP contribution in [0.5, 0.6) is 5.88 Å². The minimum atomic E-state index is -0.220. The second-order valence-corrected chi connectivity index (χ2v) is 8.37. The number of carbonyl (C=O) groups excluding carboxylic acids is 1. The first kappa shape index (κ1) is 18.8. The second-order valence-electron chi connectivity index (χ2n) is 7.26. The predicted molar refractivity (Wildman–Crippen MR) is 119 cm³/mol. The summed E-state index contributed by atoms with van der Waals surface area (Å²) in [6, 6.07) is 11.5. The number of imidazole rings is 1. The summed E-state index contributed by atoms with van der Waals surface area (Å²) in [5, 5.41) is 3.96. The Morgan fingerprint density at radius 3 is 2.93 bits per heavy atom. The van der Waals surface area contributed by atoms with Gasteiger partial charge in [-0.2, -0.15) is 0 Å². The van der Waals surface area contributed by atoms with Crippen LogP contribution in [0.2, 0.25) is 0 Å². The Morgan fingerprint density at radius 2 is 2.07 bits per heavy atom. The molecule has 3 aromatic heterocycles. The van der Waals surface area contributed by atoms with E-state index in [-0.39, 0.29) is 5.91 Å². The van der Waals surface area contributed by atoms with E-state index in [1.54, 1.807) is 29.7 Å². The molecule has 5 rings (SSSR count). The summed E-state index contributed by atoms with van der Waals surface area (Å²) >= 11 is 1.66. The molecule has 1 amide bonds. The van der Waals surface area contributed by atoms with E-state index >= 15 is 0 Å². The number of ether oxygens (including phenoxy) is 1. The summed E-state index contributed by atoms with van der Waals surface area (Å²) in [6.07, 6.45) is 6.01. The van der Waals surface area contributed by atoms with E-state index < -0.39 is 0 Å². The number of hydrogen-bond donors (Lipinski definition) is 2. The fraction of sp³-hybridized carbons (Fsp3) is 0.261. The van der Waals surface area contributed by atoms with Crippen LogP contribution in [0.1, 0.15) is 40.6 Å². The second kappa shape index (κ2) is 7.91. The Morgan fingerprint density at radius 1 is 1.20 bits per heavy atom. The van der Waals surface area contributed by atoms with Crippen LogP contribution >= 0.6 is 11.3 Å². The lowest BCUT2D eigenvalue weighted by molar-refractivity contribution is 0.102. The van der Waals surface area contributed by atoms with Gasteiger partial charge in [-0.25, -0.2) is 9.97 Å². The van der Waals surface area contributed by atoms with Crippen molar-refractivity contribution in [1.82, 2.24) is 15.0 Å². The lowest BCUT2D eigenvalue weighted by Crippen LogP contribution is -2.14. The van der Waals surface area contributed by atoms with Crippen molar-refractivity contribution < 1.29 is 9.53 Å². The number of anilines is 1. The van der Waals surface area contributed by atoms with Gasteiger partial charge >= 0.3 is 0 Å². The van der Waals surface area contributed by atoms with Crippen molar-refractivity contribution >= 4 is 33.3 Å². The normalized spacial score (nSPS) is 13.2. The number of fused-ring (bicyclic) bond motifs is 2. The van der Waals surface area contributed by atoms with Gasteiger partial charge in [-0.1, -0.05) is 12.1 Å². The minimum Gasteiger partial charge on any atom is -0.477 e. The highest BCUT2D eigenvalue weighted by atomic mass is 32.1. The van der Waals surface area contributed by atoms with E-state index in [2.05, 4.69) is 15.3 Å². The van der Waals surface area contributed by atoms with E-state index in [4.69, 9.17) is 9.72 Å². The first-order valence-corrected chi connectivity index (χ1v) is 11.0. The molecule has 1 aliphatic carbocycles. The van der Waals surface area contributed by atoms with Crippen molar-refractivity contribution in [3.8, 4) is 17.3 Å². The number of para-hydroxylation sites is 2. The van der Waals surface area contributed by atoms with Crippen LogP contribution in [0.4, 0.5) is 5.00 Å². The summed E-state index contributed by atoms with van der Waals surface area (Å²) in [5.74, 6) is 0.939. The lowest BCUT2D eigenvalue weighted by Gasteiger charge is -2.12. The summed E-state index contributed by atoms with van der Waals surface area (Å²) in [6.45, 7) is 2.33. The summed E-state index contributed by atoms with van der Waals surface area (Å²) in [7, 11) is 0. The largest absolute Gasteiger partial charge is 0.477 e. The minimum absolute atomic E-state index is 0.220. The molecule has 0 radical (unpaired) electrons. The number of benzene rings is 1. The molecule has 152 valence electrons. The third-order valence-electron chi connectivity index (χ3n) is 5.32. The number of carbonyl (C=O) groups is 1. The first-order valence-electron chi connectivity index (χ1n) is 10.2. The number of nitrogens with zero attached hydrogens (tertiary/aromatic N) is 2. The standard InChI is InChI=1S/C23H22N4O2S/c1-2-29-22-15(9-7-13-24-22)21(28)27-23-19(14-8-3-6-12-18(14)30-23)20-25-16-10-4-5-11-17(16)26-20/h4-5,7,9-11,13H,2-3,6,8,12H2,1H3,(H,25,26)(H,27,28). The average molecular weight is 419 g/mol. The molecule has 7 heteroatoms. The predicted octanol–water partition coefficient (Wildman–Crippen LogP) is 5.22. The van der Waals surface area contributed by atoms with Crippen LogP contribution in [-0.4, -0.2) is 27.5 Å². The number of amides is 1. The van der Waals surface area contributed by atoms with E-state index in [9.17, 15) is 4.79 Å². The summed E-state index contributed by atoms with van der Waals surface area (Å²) in [5.41, 5.74) is 4.66. The van der Waals surface area contributed by atoms with Gasteiger partial charge in [0.05, 0.1) is 23.2 Å². The average Bonchev–Trinajstić information content (AvgIpc) is 3.34. The molecule has 3 heterocycles. The van der Waals surface area contributed by atoms with Crippen LogP contribution in [0.3, 0.4) is 0 Å². The number of thiophene rings is 1. The highest BCUT2D eigenvalue weighted by Gasteiger charge is 2.26. The van der Waals surface area contributed by atoms with Crippen molar-refractivity contribution in [2.45, 2.75) is 32.6 Å². The van der Waals surface area contributed by atoms with Crippen LogP contribution in [-0.2, 0) is 12.8 Å². The quantitative estimate of drug-likeness (QED) is 0.466. The van der Waals surface area contributed by atoms with Crippen LogP contribution in [0.25, 0.3) is 22.4 Å². The Labute approximate surface area is 178 Å². The number of pyridine rings is 1. The number of aromatic nitrogens is 3. The molecule has 0 atom stereocenters. The summed E-state index contributed by atoms with van der Waals surface area (Å²) < 4.78 is 5.54. The van der Waals surface area contributed by atoms with E-state index in [0.29, 0.717) is 18.1 Å². The third-order valence-corrected chi connectivity index (χ3v) is 6.53. The number of nitrogens with one attached hydrogen (secondary N) is 2. The smallest absolute Gasteiger partial charge is 0.261 e. The lowest BCUT2D eigenvalue weighted by atomic mass is 9.95. The van der Waals surface area contributed by atoms with Gasteiger partial charge in [0.1, 0.15) is 16.4 Å². The Kier molecular flexibility index (Phi) is 4.96. The molecule has 4 aromatic rings. The number of H-pyrrole nitrogens is 1. The molecule has 0 saturated carbocycles.